The minimum atomic E-state index is -0.606. The van der Waals surface area contributed by atoms with E-state index in [9.17, 15) is 8.78 Å². The van der Waals surface area contributed by atoms with Crippen molar-refractivity contribution < 1.29 is 13.2 Å². The predicted octanol–water partition coefficient (Wildman–Crippen LogP) is 16.2. The summed E-state index contributed by atoms with van der Waals surface area (Å²) in [6.07, 6.45) is 12.5. The summed E-state index contributed by atoms with van der Waals surface area (Å²) < 4.78 is 32.1. The lowest BCUT2D eigenvalue weighted by molar-refractivity contribution is 0.437. The van der Waals surface area contributed by atoms with Crippen molar-refractivity contribution >= 4 is 0 Å². The molecule has 1 aliphatic carbocycles. The molecule has 10 heteroatoms. The van der Waals surface area contributed by atoms with Gasteiger partial charge in [-0.2, -0.15) is 0 Å². The molecule has 1 saturated carbocycles. The number of aryl methyl sites for hydroxylation is 2. The highest BCUT2D eigenvalue weighted by atomic mass is 19.1. The molecule has 8 nitrogen and oxygen atoms in total. The summed E-state index contributed by atoms with van der Waals surface area (Å²) in [5.74, 6) is 4.65. The molecule has 1 unspecified atom stereocenters. The Kier molecular flexibility index (Phi) is 24.0. The zero-order chi connectivity index (χ0) is 50.2. The Labute approximate surface area is 407 Å². The molecule has 1 fully saturated rings. The maximum Gasteiger partial charge on any atom is 0.198 e. The van der Waals surface area contributed by atoms with Crippen molar-refractivity contribution in [3.8, 4) is 22.6 Å². The molecule has 364 valence electrons. The van der Waals surface area contributed by atoms with Gasteiger partial charge in [0.25, 0.3) is 0 Å². The van der Waals surface area contributed by atoms with Crippen LogP contribution in [0.25, 0.3) is 22.6 Å². The zero-order valence-corrected chi connectivity index (χ0v) is 43.2. The van der Waals surface area contributed by atoms with Crippen LogP contribution in [0.4, 0.5) is 8.78 Å². The predicted molar refractivity (Wildman–Crippen MR) is 276 cm³/mol. The van der Waals surface area contributed by atoms with Gasteiger partial charge in [-0.25, -0.2) is 33.7 Å². The highest BCUT2D eigenvalue weighted by Crippen LogP contribution is 2.53. The summed E-state index contributed by atoms with van der Waals surface area (Å²) in [5, 5.41) is 0. The van der Waals surface area contributed by atoms with E-state index in [1.165, 1.54) is 24.9 Å². The maximum absolute atomic E-state index is 13.4. The van der Waals surface area contributed by atoms with Crippen LogP contribution in [0.5, 0.6) is 0 Å². The van der Waals surface area contributed by atoms with E-state index < -0.39 is 11.6 Å². The molecule has 1 atom stereocenters. The minimum Gasteiger partial charge on any atom is -0.440 e. The van der Waals surface area contributed by atoms with Crippen molar-refractivity contribution in [3.05, 3.63) is 174 Å². The van der Waals surface area contributed by atoms with Crippen molar-refractivity contribution in [2.45, 2.75) is 146 Å². The first-order chi connectivity index (χ1) is 32.4. The summed E-state index contributed by atoms with van der Waals surface area (Å²) in [5.41, 5.74) is 6.68. The van der Waals surface area contributed by atoms with Crippen LogP contribution in [-0.2, 0) is 5.41 Å². The number of oxazole rings is 1. The Morgan fingerprint density at radius 3 is 1.60 bits per heavy atom. The van der Waals surface area contributed by atoms with E-state index in [4.69, 9.17) is 4.42 Å². The van der Waals surface area contributed by atoms with Gasteiger partial charge >= 0.3 is 0 Å². The summed E-state index contributed by atoms with van der Waals surface area (Å²) in [7, 11) is 0. The number of benzene rings is 2. The van der Waals surface area contributed by atoms with E-state index in [0.717, 1.165) is 76.7 Å². The summed E-state index contributed by atoms with van der Waals surface area (Å²) in [6, 6.07) is 31.1. The molecule has 7 aromatic rings. The third-order valence-electron chi connectivity index (χ3n) is 11.4. The molecule has 0 aliphatic heterocycles. The fourth-order valence-electron chi connectivity index (χ4n) is 6.99. The molecule has 5 aromatic heterocycles. The third-order valence-corrected chi connectivity index (χ3v) is 11.4. The lowest BCUT2D eigenvalue weighted by Gasteiger charge is -2.19. The number of halogens is 2. The number of aromatic nitrogens is 7. The van der Waals surface area contributed by atoms with Crippen LogP contribution < -0.4 is 0 Å². The first-order valence-corrected chi connectivity index (χ1v) is 24.3. The Bertz CT molecular complexity index is 2320. The average Bonchev–Trinajstić information content (AvgIpc) is 4.01. The Balaban J connectivity index is 0.000000227. The molecule has 0 spiro atoms. The molecular formula is C58H77F2N7O. The summed E-state index contributed by atoms with van der Waals surface area (Å²) in [6.45, 7) is 29.9. The van der Waals surface area contributed by atoms with E-state index in [1.54, 1.807) is 18.5 Å². The van der Waals surface area contributed by atoms with Crippen LogP contribution in [0, 0.1) is 43.2 Å². The molecule has 5 heterocycles. The largest absolute Gasteiger partial charge is 0.440 e. The fraction of sp³-hybridized carbons (Fsp3) is 0.431. The van der Waals surface area contributed by atoms with Crippen molar-refractivity contribution in [2.24, 2.45) is 17.8 Å². The topological polar surface area (TPSA) is 103 Å². The van der Waals surface area contributed by atoms with Gasteiger partial charge in [-0.05, 0) is 68.7 Å². The van der Waals surface area contributed by atoms with Crippen LogP contribution in [0.2, 0.25) is 0 Å². The third kappa shape index (κ3) is 18.9. The van der Waals surface area contributed by atoms with Crippen molar-refractivity contribution in [1.29, 1.82) is 0 Å². The van der Waals surface area contributed by atoms with Gasteiger partial charge in [0, 0.05) is 76.0 Å². The molecule has 2 aromatic carbocycles. The van der Waals surface area contributed by atoms with Gasteiger partial charge in [-0.15, -0.1) is 0 Å². The van der Waals surface area contributed by atoms with E-state index in [-0.39, 0.29) is 11.3 Å². The number of rotatable bonds is 10. The zero-order valence-electron chi connectivity index (χ0n) is 43.2. The molecule has 8 rings (SSSR count). The molecular weight excluding hydrogens is 849 g/mol. The second kappa shape index (κ2) is 29.0. The summed E-state index contributed by atoms with van der Waals surface area (Å²) in [4.78, 5) is 28.9. The lowest BCUT2D eigenvalue weighted by Crippen LogP contribution is -2.18. The quantitative estimate of drug-likeness (QED) is 0.134. The minimum absolute atomic E-state index is 0.127. The van der Waals surface area contributed by atoms with E-state index in [1.807, 2.05) is 74.6 Å². The monoisotopic (exact) mass is 926 g/mol. The normalized spacial score (nSPS) is 12.5. The van der Waals surface area contributed by atoms with Gasteiger partial charge in [0.1, 0.15) is 29.5 Å². The Morgan fingerprint density at radius 2 is 1.21 bits per heavy atom. The molecule has 0 saturated heterocycles. The van der Waals surface area contributed by atoms with Gasteiger partial charge in [-0.1, -0.05) is 163 Å². The highest BCUT2D eigenvalue weighted by molar-refractivity contribution is 5.76. The Morgan fingerprint density at radius 1 is 0.632 bits per heavy atom. The van der Waals surface area contributed by atoms with E-state index >= 15 is 0 Å². The Hall–Kier alpha value is -6.03. The standard InChI is InChI=1S/C18H17NO.C11H13F2N.C10H15N.C9H14N2.C6H14.C4H4N2/c1-13(2)18-19-16(14-9-5-3-6-10-14)17(20-18)15-11-7-4-8-12-15;1-7(2)11(3-4-11)10-9(13)5-8(12)6-14-10;1-8(2)9(3)10-6-4-5-7-11-10;1-6(2)9-10-7(3)5-8(4)11-9;1-4-5-6(2)3;1-2-5-4-6-3-1/h3-13H,1-2H3;5-7H,3-4H2,1-2H3;4-9H,1-3H3;5-6H,1-4H3;6H,4-5H2,1-3H3;1-4H. The number of hydrogen-bond acceptors (Lipinski definition) is 8. The second-order valence-corrected chi connectivity index (χ2v) is 18.9. The molecule has 0 amide bonds. The van der Waals surface area contributed by atoms with Crippen LogP contribution in [0.15, 0.2) is 133 Å². The highest BCUT2D eigenvalue weighted by Gasteiger charge is 2.49. The average molecular weight is 926 g/mol. The second-order valence-electron chi connectivity index (χ2n) is 18.9. The van der Waals surface area contributed by atoms with Crippen LogP contribution >= 0.6 is 0 Å². The van der Waals surface area contributed by atoms with Crippen molar-refractivity contribution in [2.75, 3.05) is 0 Å². The van der Waals surface area contributed by atoms with Crippen molar-refractivity contribution in [3.63, 3.8) is 0 Å². The van der Waals surface area contributed by atoms with Gasteiger partial charge in [0.2, 0.25) is 0 Å². The fourth-order valence-corrected chi connectivity index (χ4v) is 6.99. The lowest BCUT2D eigenvalue weighted by atomic mass is 9.88. The number of pyridine rings is 2. The molecule has 1 aliphatic rings. The van der Waals surface area contributed by atoms with Gasteiger partial charge < -0.3 is 4.42 Å². The molecule has 0 N–H and O–H groups in total. The number of hydrogen-bond donors (Lipinski definition) is 0. The van der Waals surface area contributed by atoms with Crippen LogP contribution in [0.3, 0.4) is 0 Å². The van der Waals surface area contributed by atoms with Crippen LogP contribution in [-0.4, -0.2) is 34.9 Å². The molecule has 0 bridgehead atoms. The van der Waals surface area contributed by atoms with Crippen LogP contribution in [0.1, 0.15) is 161 Å². The van der Waals surface area contributed by atoms with E-state index in [0.29, 0.717) is 29.4 Å². The van der Waals surface area contributed by atoms with Gasteiger partial charge in [0.15, 0.2) is 11.7 Å². The van der Waals surface area contributed by atoms with Crippen molar-refractivity contribution in [1.82, 2.24) is 34.9 Å². The first-order valence-electron chi connectivity index (χ1n) is 24.3. The smallest absolute Gasteiger partial charge is 0.198 e. The maximum atomic E-state index is 13.4. The van der Waals surface area contributed by atoms with Gasteiger partial charge in [0.05, 0.1) is 11.9 Å². The first kappa shape index (κ1) is 56.3. The SMILES string of the molecule is CC(C)C(C)c1ccccn1.CC(C)C1(c2ncc(F)cc2F)CC1.CC(C)c1nc(-c2ccccc2)c(-c2ccccc2)o1.CCCC(C)C.Cc1cc(C)nc(C(C)C)n1.c1cncnc1. The number of nitrogens with zero attached hydrogens (tertiary/aromatic N) is 7. The van der Waals surface area contributed by atoms with Gasteiger partial charge in [-0.3, -0.25) is 9.97 Å². The molecule has 0 radical (unpaired) electrons. The summed E-state index contributed by atoms with van der Waals surface area (Å²) >= 11 is 0. The molecule has 68 heavy (non-hydrogen) atoms. The van der Waals surface area contributed by atoms with E-state index in [2.05, 4.69) is 148 Å².